The zero-order chi connectivity index (χ0) is 20.4. The number of hydrogen-bond donors (Lipinski definition) is 2. The average Bonchev–Trinajstić information content (AvgIpc) is 3.17. The zero-order valence-corrected chi connectivity index (χ0v) is 16.1. The van der Waals surface area contributed by atoms with Crippen molar-refractivity contribution in [2.75, 3.05) is 20.3 Å². The number of benzene rings is 1. The van der Waals surface area contributed by atoms with Gasteiger partial charge in [0, 0.05) is 42.8 Å². The molecule has 7 nitrogen and oxygen atoms in total. The molecule has 1 aliphatic heterocycles. The summed E-state index contributed by atoms with van der Waals surface area (Å²) in [4.78, 5) is 29.6. The topological polar surface area (TPSA) is 104 Å². The molecule has 1 aromatic carbocycles. The molecule has 2 aliphatic rings. The second kappa shape index (κ2) is 8.02. The van der Waals surface area contributed by atoms with Gasteiger partial charge in [0.15, 0.2) is 0 Å². The molecule has 1 aliphatic carbocycles. The molecule has 1 unspecified atom stereocenters. The lowest BCUT2D eigenvalue weighted by Gasteiger charge is -2.16. The average molecular weight is 390 g/mol. The van der Waals surface area contributed by atoms with E-state index in [1.165, 1.54) is 13.1 Å². The van der Waals surface area contributed by atoms with Crippen LogP contribution >= 0.6 is 0 Å². The fraction of sp³-hybridized carbons (Fsp3) is 0.364. The Balaban J connectivity index is 1.67. The van der Waals surface area contributed by atoms with Crippen LogP contribution in [0.25, 0.3) is 0 Å². The van der Waals surface area contributed by atoms with Crippen molar-refractivity contribution in [3.05, 3.63) is 65.0 Å². The van der Waals surface area contributed by atoms with Crippen molar-refractivity contribution in [2.45, 2.75) is 18.4 Å². The molecule has 7 heteroatoms. The number of carbonyl (C=O) groups excluding carboxylic acids is 2. The highest BCUT2D eigenvalue weighted by Gasteiger charge is 2.54. The van der Waals surface area contributed by atoms with Gasteiger partial charge in [0.05, 0.1) is 25.0 Å². The third kappa shape index (κ3) is 3.84. The minimum Gasteiger partial charge on any atom is -0.381 e. The van der Waals surface area contributed by atoms with Crippen molar-refractivity contribution in [1.82, 2.24) is 15.6 Å². The first-order chi connectivity index (χ1) is 14.1. The summed E-state index contributed by atoms with van der Waals surface area (Å²) in [5.74, 6) is -0.168. The van der Waals surface area contributed by atoms with E-state index in [1.54, 1.807) is 6.07 Å². The van der Waals surface area contributed by atoms with E-state index in [-0.39, 0.29) is 35.9 Å². The van der Waals surface area contributed by atoms with E-state index in [1.807, 2.05) is 30.3 Å². The summed E-state index contributed by atoms with van der Waals surface area (Å²) in [6.07, 6.45) is 0.194. The van der Waals surface area contributed by atoms with E-state index in [9.17, 15) is 14.9 Å². The lowest BCUT2D eigenvalue weighted by atomic mass is 9.91. The predicted molar refractivity (Wildman–Crippen MR) is 105 cm³/mol. The van der Waals surface area contributed by atoms with E-state index in [2.05, 4.69) is 21.7 Å². The molecule has 0 spiro atoms. The summed E-state index contributed by atoms with van der Waals surface area (Å²) in [5, 5.41) is 14.9. The first-order valence-corrected chi connectivity index (χ1v) is 9.67. The number of nitriles is 1. The number of pyridine rings is 1. The van der Waals surface area contributed by atoms with Crippen molar-refractivity contribution >= 4 is 11.8 Å². The van der Waals surface area contributed by atoms with Crippen LogP contribution in [0.15, 0.2) is 42.5 Å². The molecule has 2 N–H and O–H groups in total. The van der Waals surface area contributed by atoms with Crippen LogP contribution in [0.3, 0.4) is 0 Å². The molecule has 2 heterocycles. The molecule has 2 fully saturated rings. The van der Waals surface area contributed by atoms with Crippen molar-refractivity contribution in [3.8, 4) is 6.07 Å². The van der Waals surface area contributed by atoms with Gasteiger partial charge in [-0.25, -0.2) is 4.98 Å². The highest BCUT2D eigenvalue weighted by atomic mass is 16.5. The summed E-state index contributed by atoms with van der Waals surface area (Å²) in [5.41, 5.74) is 1.98. The van der Waals surface area contributed by atoms with Gasteiger partial charge in [-0.1, -0.05) is 30.3 Å². The molecule has 148 valence electrons. The number of rotatable bonds is 6. The van der Waals surface area contributed by atoms with Crippen LogP contribution < -0.4 is 10.6 Å². The lowest BCUT2D eigenvalue weighted by Crippen LogP contribution is -2.31. The van der Waals surface area contributed by atoms with Gasteiger partial charge in [-0.3, -0.25) is 9.59 Å². The number of carbonyl (C=O) groups is 2. The van der Waals surface area contributed by atoms with Gasteiger partial charge < -0.3 is 15.4 Å². The smallest absolute Gasteiger partial charge is 0.269 e. The molecule has 29 heavy (non-hydrogen) atoms. The first-order valence-electron chi connectivity index (χ1n) is 9.67. The van der Waals surface area contributed by atoms with Gasteiger partial charge in [-0.05, 0) is 17.7 Å². The van der Waals surface area contributed by atoms with Crippen molar-refractivity contribution < 1.29 is 14.3 Å². The Morgan fingerprint density at radius 1 is 1.21 bits per heavy atom. The largest absolute Gasteiger partial charge is 0.381 e. The Labute approximate surface area is 169 Å². The van der Waals surface area contributed by atoms with Crippen molar-refractivity contribution in [3.63, 3.8) is 0 Å². The number of hydrogen-bond acceptors (Lipinski definition) is 5. The van der Waals surface area contributed by atoms with Gasteiger partial charge in [0.25, 0.3) is 11.8 Å². The summed E-state index contributed by atoms with van der Waals surface area (Å²) in [7, 11) is 1.52. The predicted octanol–water partition coefficient (Wildman–Crippen LogP) is 1.86. The van der Waals surface area contributed by atoms with Crippen LogP contribution in [0.5, 0.6) is 0 Å². The van der Waals surface area contributed by atoms with E-state index < -0.39 is 0 Å². The van der Waals surface area contributed by atoms with Crippen LogP contribution in [0.4, 0.5) is 0 Å². The Morgan fingerprint density at radius 2 is 1.93 bits per heavy atom. The third-order valence-electron chi connectivity index (χ3n) is 5.67. The first kappa shape index (κ1) is 19.1. The second-order valence-corrected chi connectivity index (χ2v) is 7.43. The Bertz CT molecular complexity index is 960. The summed E-state index contributed by atoms with van der Waals surface area (Å²) < 4.78 is 5.37. The minimum absolute atomic E-state index is 0.125. The number of amides is 2. The van der Waals surface area contributed by atoms with Crippen LogP contribution in [-0.4, -0.2) is 43.1 Å². The summed E-state index contributed by atoms with van der Waals surface area (Å²) in [6.45, 7) is 1.36. The van der Waals surface area contributed by atoms with E-state index in [0.717, 1.165) is 5.56 Å². The molecular formula is C22H22N4O3. The van der Waals surface area contributed by atoms with Gasteiger partial charge in [-0.2, -0.15) is 5.26 Å². The number of nitrogens with one attached hydrogen (secondary N) is 2. The molecule has 0 radical (unpaired) electrons. The van der Waals surface area contributed by atoms with Crippen LogP contribution in [0, 0.1) is 23.2 Å². The molecule has 2 amide bonds. The SMILES string of the molecule is CNC(=O)c1cc(C(=O)N[C@H]2[C@@H]3COC[C@@H]32)cc(C(CC#N)c2ccccc2)n1. The van der Waals surface area contributed by atoms with Crippen LogP contribution in [-0.2, 0) is 4.74 Å². The van der Waals surface area contributed by atoms with Gasteiger partial charge in [-0.15, -0.1) is 0 Å². The highest BCUT2D eigenvalue weighted by Crippen LogP contribution is 2.44. The normalized spacial score (nSPS) is 22.8. The zero-order valence-electron chi connectivity index (χ0n) is 16.1. The van der Waals surface area contributed by atoms with Gasteiger partial charge in [0.1, 0.15) is 5.69 Å². The summed E-state index contributed by atoms with van der Waals surface area (Å²) in [6, 6.07) is 15.0. The van der Waals surface area contributed by atoms with Gasteiger partial charge in [0.2, 0.25) is 0 Å². The standard InChI is InChI=1S/C22H22N4O3/c1-24-22(28)19-10-14(21(27)26-20-16-11-29-12-17(16)20)9-18(25-19)15(7-8-23)13-5-3-2-4-6-13/h2-6,9-10,15-17,20H,7,11-12H2,1H3,(H,24,28)(H,26,27)/t15?,16-,17+,20+. The van der Waals surface area contributed by atoms with E-state index in [0.29, 0.717) is 36.3 Å². The minimum atomic E-state index is -0.374. The fourth-order valence-electron chi connectivity index (χ4n) is 3.96. The summed E-state index contributed by atoms with van der Waals surface area (Å²) >= 11 is 0. The van der Waals surface area contributed by atoms with Crippen LogP contribution in [0.2, 0.25) is 0 Å². The molecule has 1 saturated carbocycles. The molecule has 1 aromatic heterocycles. The Kier molecular flexibility index (Phi) is 5.28. The maximum atomic E-state index is 12.9. The van der Waals surface area contributed by atoms with Crippen molar-refractivity contribution in [1.29, 1.82) is 5.26 Å². The molecule has 1 saturated heterocycles. The van der Waals surface area contributed by atoms with Gasteiger partial charge >= 0.3 is 0 Å². The van der Waals surface area contributed by atoms with E-state index in [4.69, 9.17) is 4.74 Å². The van der Waals surface area contributed by atoms with Crippen molar-refractivity contribution in [2.24, 2.45) is 11.8 Å². The monoisotopic (exact) mass is 390 g/mol. The number of nitrogens with zero attached hydrogens (tertiary/aromatic N) is 2. The van der Waals surface area contributed by atoms with Crippen LogP contribution in [0.1, 0.15) is 44.4 Å². The lowest BCUT2D eigenvalue weighted by molar-refractivity contribution is 0.0928. The second-order valence-electron chi connectivity index (χ2n) is 7.43. The molecule has 4 atom stereocenters. The third-order valence-corrected chi connectivity index (χ3v) is 5.67. The number of aromatic nitrogens is 1. The molecule has 2 aromatic rings. The number of ether oxygens (including phenoxy) is 1. The Morgan fingerprint density at radius 3 is 2.59 bits per heavy atom. The number of fused-ring (bicyclic) bond motifs is 1. The fourth-order valence-corrected chi connectivity index (χ4v) is 3.96. The molecule has 0 bridgehead atoms. The maximum Gasteiger partial charge on any atom is 0.269 e. The van der Waals surface area contributed by atoms with E-state index >= 15 is 0 Å². The highest BCUT2D eigenvalue weighted by molar-refractivity contribution is 5.99. The maximum absolute atomic E-state index is 12.9. The molecular weight excluding hydrogens is 368 g/mol. The quantitative estimate of drug-likeness (QED) is 0.783. The molecule has 4 rings (SSSR count). The Hall–Kier alpha value is -3.24.